The molecule has 0 aliphatic rings. The first kappa shape index (κ1) is 16.4. The second kappa shape index (κ2) is 6.01. The maximum absolute atomic E-state index is 12.4. The molecule has 9 heteroatoms. The van der Waals surface area contributed by atoms with Crippen molar-refractivity contribution in [3.63, 3.8) is 0 Å². The zero-order valence-electron chi connectivity index (χ0n) is 11.3. The average Bonchev–Trinajstić information content (AvgIpc) is 2.45. The van der Waals surface area contributed by atoms with Gasteiger partial charge in [-0.3, -0.25) is 0 Å². The fraction of sp³-hybridized carbons (Fsp3) is 0.231. The van der Waals surface area contributed by atoms with Crippen LogP contribution in [0.3, 0.4) is 0 Å². The fourth-order valence-corrected chi connectivity index (χ4v) is 2.21. The quantitative estimate of drug-likeness (QED) is 0.477. The SMILES string of the molecule is COCOc1ccc(OS(=O)(=O)C(F)(F)F)c2ccccc12. The van der Waals surface area contributed by atoms with Gasteiger partial charge in [0.25, 0.3) is 0 Å². The third kappa shape index (κ3) is 3.25. The van der Waals surface area contributed by atoms with Crippen LogP contribution in [-0.2, 0) is 14.9 Å². The van der Waals surface area contributed by atoms with Crippen LogP contribution in [0.15, 0.2) is 36.4 Å². The molecule has 0 aliphatic heterocycles. The molecule has 5 nitrogen and oxygen atoms in total. The summed E-state index contributed by atoms with van der Waals surface area (Å²) < 4.78 is 73.7. The van der Waals surface area contributed by atoms with Crippen LogP contribution < -0.4 is 8.92 Å². The van der Waals surface area contributed by atoms with Gasteiger partial charge >= 0.3 is 15.6 Å². The molecule has 0 spiro atoms. The van der Waals surface area contributed by atoms with E-state index in [-0.39, 0.29) is 12.2 Å². The van der Waals surface area contributed by atoms with Crippen LogP contribution in [0.4, 0.5) is 13.2 Å². The number of hydrogen-bond donors (Lipinski definition) is 0. The first-order valence-electron chi connectivity index (χ1n) is 5.90. The largest absolute Gasteiger partial charge is 0.534 e. The van der Waals surface area contributed by atoms with E-state index in [0.29, 0.717) is 11.1 Å². The number of benzene rings is 2. The van der Waals surface area contributed by atoms with Crippen molar-refractivity contribution >= 4 is 20.9 Å². The molecule has 0 heterocycles. The lowest BCUT2D eigenvalue weighted by atomic mass is 10.1. The zero-order chi connectivity index (χ0) is 16.4. The van der Waals surface area contributed by atoms with E-state index < -0.39 is 21.4 Å². The van der Waals surface area contributed by atoms with E-state index in [2.05, 4.69) is 4.18 Å². The molecule has 2 rings (SSSR count). The lowest BCUT2D eigenvalue weighted by Crippen LogP contribution is -2.28. The molecule has 0 fully saturated rings. The van der Waals surface area contributed by atoms with E-state index in [9.17, 15) is 21.6 Å². The highest BCUT2D eigenvalue weighted by Gasteiger charge is 2.48. The molecule has 2 aromatic carbocycles. The second-order valence-electron chi connectivity index (χ2n) is 4.14. The Bertz CT molecular complexity index is 771. The molecule has 0 unspecified atom stereocenters. The van der Waals surface area contributed by atoms with Crippen molar-refractivity contribution in [2.45, 2.75) is 5.51 Å². The minimum absolute atomic E-state index is 0.0644. The number of rotatable bonds is 5. The zero-order valence-corrected chi connectivity index (χ0v) is 12.1. The predicted octanol–water partition coefficient (Wildman–Crippen LogP) is 3.05. The van der Waals surface area contributed by atoms with Gasteiger partial charge in [-0.05, 0) is 12.1 Å². The van der Waals surface area contributed by atoms with Gasteiger partial charge in [-0.1, -0.05) is 24.3 Å². The first-order valence-corrected chi connectivity index (χ1v) is 7.31. The van der Waals surface area contributed by atoms with Gasteiger partial charge in [0.05, 0.1) is 0 Å². The van der Waals surface area contributed by atoms with Gasteiger partial charge in [-0.25, -0.2) is 0 Å². The van der Waals surface area contributed by atoms with E-state index in [1.54, 1.807) is 12.1 Å². The van der Waals surface area contributed by atoms with Crippen molar-refractivity contribution in [1.29, 1.82) is 0 Å². The Labute approximate surface area is 124 Å². The van der Waals surface area contributed by atoms with E-state index >= 15 is 0 Å². The van der Waals surface area contributed by atoms with Crippen molar-refractivity contribution in [3.05, 3.63) is 36.4 Å². The van der Waals surface area contributed by atoms with Gasteiger partial charge in [0.2, 0.25) is 0 Å². The molecular formula is C13H11F3O5S. The van der Waals surface area contributed by atoms with Crippen LogP contribution in [0.5, 0.6) is 11.5 Å². The minimum atomic E-state index is -5.74. The summed E-state index contributed by atoms with van der Waals surface area (Å²) in [6, 6.07) is 8.56. The Hall–Kier alpha value is -2.00. The first-order chi connectivity index (χ1) is 10.3. The van der Waals surface area contributed by atoms with E-state index in [1.807, 2.05) is 0 Å². The fourth-order valence-electron chi connectivity index (χ4n) is 1.73. The summed E-state index contributed by atoms with van der Waals surface area (Å²) in [6.07, 6.45) is 0. The van der Waals surface area contributed by atoms with Crippen molar-refractivity contribution < 1.29 is 35.2 Å². The van der Waals surface area contributed by atoms with Gasteiger partial charge in [0.15, 0.2) is 12.5 Å². The summed E-state index contributed by atoms with van der Waals surface area (Å²) in [7, 11) is -4.33. The molecule has 0 radical (unpaired) electrons. The predicted molar refractivity (Wildman–Crippen MR) is 72.1 cm³/mol. The third-order valence-electron chi connectivity index (χ3n) is 2.66. The van der Waals surface area contributed by atoms with Crippen LogP contribution in [0.1, 0.15) is 0 Å². The van der Waals surface area contributed by atoms with Crippen molar-refractivity contribution in [2.24, 2.45) is 0 Å². The molecule has 0 amide bonds. The molecule has 0 bridgehead atoms. The number of fused-ring (bicyclic) bond motifs is 1. The number of alkyl halides is 3. The van der Waals surface area contributed by atoms with Crippen LogP contribution in [0.2, 0.25) is 0 Å². The molecule has 120 valence electrons. The molecule has 0 saturated heterocycles. The molecular weight excluding hydrogens is 325 g/mol. The Morgan fingerprint density at radius 1 is 1.00 bits per heavy atom. The molecule has 22 heavy (non-hydrogen) atoms. The van der Waals surface area contributed by atoms with E-state index in [4.69, 9.17) is 9.47 Å². The highest BCUT2D eigenvalue weighted by molar-refractivity contribution is 7.88. The maximum Gasteiger partial charge on any atom is 0.534 e. The lowest BCUT2D eigenvalue weighted by Gasteiger charge is -2.13. The smallest absolute Gasteiger partial charge is 0.467 e. The lowest BCUT2D eigenvalue weighted by molar-refractivity contribution is -0.0499. The van der Waals surface area contributed by atoms with Gasteiger partial charge < -0.3 is 13.7 Å². The Morgan fingerprint density at radius 3 is 2.09 bits per heavy atom. The normalized spacial score (nSPS) is 12.4. The van der Waals surface area contributed by atoms with Crippen molar-refractivity contribution in [2.75, 3.05) is 13.9 Å². The summed E-state index contributed by atoms with van der Waals surface area (Å²) in [5.41, 5.74) is -5.50. The van der Waals surface area contributed by atoms with Crippen LogP contribution in [0, 0.1) is 0 Å². The molecule has 0 N–H and O–H groups in total. The minimum Gasteiger partial charge on any atom is -0.467 e. The molecule has 0 aromatic heterocycles. The molecule has 0 saturated carbocycles. The number of hydrogen-bond acceptors (Lipinski definition) is 5. The van der Waals surface area contributed by atoms with E-state index in [0.717, 1.165) is 6.07 Å². The summed E-state index contributed by atoms with van der Waals surface area (Å²) in [5, 5.41) is 0.568. The standard InChI is InChI=1S/C13H11F3O5S/c1-19-8-20-11-6-7-12(10-5-3-2-4-9(10)11)21-22(17,18)13(14,15)16/h2-7H,8H2,1H3. The number of ether oxygens (including phenoxy) is 2. The molecule has 2 aromatic rings. The third-order valence-corrected chi connectivity index (χ3v) is 3.63. The summed E-state index contributed by atoms with van der Waals surface area (Å²) in [6.45, 7) is -0.0644. The highest BCUT2D eigenvalue weighted by Crippen LogP contribution is 2.36. The van der Waals surface area contributed by atoms with Crippen LogP contribution in [-0.4, -0.2) is 27.8 Å². The topological polar surface area (TPSA) is 61.8 Å². The van der Waals surface area contributed by atoms with Gasteiger partial charge in [0, 0.05) is 17.9 Å². The second-order valence-corrected chi connectivity index (χ2v) is 5.68. The van der Waals surface area contributed by atoms with Crippen LogP contribution in [0.25, 0.3) is 10.8 Å². The molecule has 0 aliphatic carbocycles. The van der Waals surface area contributed by atoms with Gasteiger partial charge in [-0.15, -0.1) is 0 Å². The average molecular weight is 336 g/mol. The van der Waals surface area contributed by atoms with Crippen LogP contribution >= 0.6 is 0 Å². The maximum atomic E-state index is 12.4. The highest BCUT2D eigenvalue weighted by atomic mass is 32.2. The molecule has 0 atom stereocenters. The van der Waals surface area contributed by atoms with Crippen molar-refractivity contribution in [3.8, 4) is 11.5 Å². The summed E-state index contributed by atoms with van der Waals surface area (Å²) in [5.74, 6) is -0.105. The van der Waals surface area contributed by atoms with E-state index in [1.165, 1.54) is 25.3 Å². The Balaban J connectivity index is 2.49. The summed E-state index contributed by atoms with van der Waals surface area (Å²) in [4.78, 5) is 0. The number of methoxy groups -OCH3 is 1. The number of halogens is 3. The Kier molecular flexibility index (Phi) is 4.47. The van der Waals surface area contributed by atoms with Gasteiger partial charge in [0.1, 0.15) is 5.75 Å². The monoisotopic (exact) mass is 336 g/mol. The van der Waals surface area contributed by atoms with Gasteiger partial charge in [-0.2, -0.15) is 21.6 Å². The van der Waals surface area contributed by atoms with Crippen molar-refractivity contribution in [1.82, 2.24) is 0 Å². The Morgan fingerprint density at radius 2 is 1.55 bits per heavy atom. The summed E-state index contributed by atoms with van der Waals surface area (Å²) >= 11 is 0.